The molecule has 0 unspecified atom stereocenters. The van der Waals surface area contributed by atoms with Gasteiger partial charge in [-0.2, -0.15) is 16.9 Å². The first-order chi connectivity index (χ1) is 10.6. The second-order valence-electron chi connectivity index (χ2n) is 5.14. The summed E-state index contributed by atoms with van der Waals surface area (Å²) in [7, 11) is 0. The van der Waals surface area contributed by atoms with Gasteiger partial charge in [0.05, 0.1) is 5.69 Å². The SMILES string of the molecule is O=C(N[C@@]1(C(=O)O)CCSC1)c1ccc(-n2cccn2)cc1. The van der Waals surface area contributed by atoms with E-state index in [1.807, 2.05) is 12.3 Å². The van der Waals surface area contributed by atoms with Gasteiger partial charge in [-0.3, -0.25) is 4.79 Å². The van der Waals surface area contributed by atoms with Crippen LogP contribution in [-0.4, -0.2) is 43.8 Å². The van der Waals surface area contributed by atoms with Gasteiger partial charge in [0.25, 0.3) is 5.91 Å². The van der Waals surface area contributed by atoms with E-state index in [2.05, 4.69) is 10.4 Å². The van der Waals surface area contributed by atoms with E-state index in [0.717, 1.165) is 11.4 Å². The van der Waals surface area contributed by atoms with Crippen molar-refractivity contribution in [2.75, 3.05) is 11.5 Å². The second kappa shape index (κ2) is 5.84. The first kappa shape index (κ1) is 14.6. The molecule has 1 aliphatic rings. The number of carbonyl (C=O) groups excluding carboxylic acids is 1. The summed E-state index contributed by atoms with van der Waals surface area (Å²) in [6.45, 7) is 0. The summed E-state index contributed by atoms with van der Waals surface area (Å²) in [5.74, 6) is -0.194. The number of rotatable bonds is 4. The van der Waals surface area contributed by atoms with Crippen LogP contribution < -0.4 is 5.32 Å². The monoisotopic (exact) mass is 317 g/mol. The molecule has 1 saturated heterocycles. The lowest BCUT2D eigenvalue weighted by molar-refractivity contribution is -0.143. The lowest BCUT2D eigenvalue weighted by Gasteiger charge is -2.24. The molecule has 1 aromatic carbocycles. The van der Waals surface area contributed by atoms with Crippen LogP contribution in [0.15, 0.2) is 42.7 Å². The molecule has 0 bridgehead atoms. The molecular formula is C15H15N3O3S. The van der Waals surface area contributed by atoms with Crippen LogP contribution in [0.1, 0.15) is 16.8 Å². The number of carboxylic acid groups (broad SMARTS) is 1. The Hall–Kier alpha value is -2.28. The summed E-state index contributed by atoms with van der Waals surface area (Å²) in [6, 6.07) is 8.71. The lowest BCUT2D eigenvalue weighted by atomic mass is 9.98. The normalized spacial score (nSPS) is 20.7. The maximum atomic E-state index is 12.3. The molecule has 114 valence electrons. The highest BCUT2D eigenvalue weighted by atomic mass is 32.2. The molecule has 1 fully saturated rings. The number of nitrogens with zero attached hydrogens (tertiary/aromatic N) is 2. The summed E-state index contributed by atoms with van der Waals surface area (Å²) in [6.07, 6.45) is 3.93. The van der Waals surface area contributed by atoms with Gasteiger partial charge in [-0.1, -0.05) is 0 Å². The Balaban J connectivity index is 1.76. The van der Waals surface area contributed by atoms with Crippen LogP contribution in [0, 0.1) is 0 Å². The van der Waals surface area contributed by atoms with Crippen LogP contribution in [-0.2, 0) is 4.79 Å². The van der Waals surface area contributed by atoms with Crippen molar-refractivity contribution < 1.29 is 14.7 Å². The molecule has 6 nitrogen and oxygen atoms in total. The largest absolute Gasteiger partial charge is 0.479 e. The number of aromatic nitrogens is 2. The number of benzene rings is 1. The molecule has 7 heteroatoms. The molecule has 1 atom stereocenters. The molecule has 0 spiro atoms. The molecule has 2 heterocycles. The van der Waals surface area contributed by atoms with E-state index < -0.39 is 11.5 Å². The summed E-state index contributed by atoms with van der Waals surface area (Å²) < 4.78 is 1.69. The molecule has 2 N–H and O–H groups in total. The van der Waals surface area contributed by atoms with Crippen LogP contribution in [0.5, 0.6) is 0 Å². The number of hydrogen-bond donors (Lipinski definition) is 2. The van der Waals surface area contributed by atoms with Crippen molar-refractivity contribution in [3.05, 3.63) is 48.3 Å². The molecular weight excluding hydrogens is 302 g/mol. The Bertz CT molecular complexity index is 677. The van der Waals surface area contributed by atoms with Crippen molar-refractivity contribution in [3.8, 4) is 5.69 Å². The Morgan fingerprint density at radius 2 is 2.09 bits per heavy atom. The fourth-order valence-electron chi connectivity index (χ4n) is 2.36. The first-order valence-corrected chi connectivity index (χ1v) is 8.00. The molecule has 1 amide bonds. The van der Waals surface area contributed by atoms with Crippen molar-refractivity contribution in [1.82, 2.24) is 15.1 Å². The molecule has 0 radical (unpaired) electrons. The lowest BCUT2D eigenvalue weighted by Crippen LogP contribution is -2.54. The minimum atomic E-state index is -1.15. The average molecular weight is 317 g/mol. The zero-order valence-corrected chi connectivity index (χ0v) is 12.5. The standard InChI is InChI=1S/C15H15N3O3S/c19-13(17-15(14(20)21)6-9-22-10-15)11-2-4-12(5-3-11)18-8-1-7-16-18/h1-5,7-8H,6,9-10H2,(H,17,19)(H,20,21)/t15-/m0/s1. The van der Waals surface area contributed by atoms with E-state index in [1.165, 1.54) is 0 Å². The fourth-order valence-corrected chi connectivity index (χ4v) is 3.69. The first-order valence-electron chi connectivity index (χ1n) is 6.84. The van der Waals surface area contributed by atoms with Gasteiger partial charge in [0.15, 0.2) is 0 Å². The number of hydrogen-bond acceptors (Lipinski definition) is 4. The number of thioether (sulfide) groups is 1. The Morgan fingerprint density at radius 3 is 2.64 bits per heavy atom. The Labute approximate surface area is 131 Å². The Morgan fingerprint density at radius 1 is 1.32 bits per heavy atom. The van der Waals surface area contributed by atoms with Gasteiger partial charge in [-0.05, 0) is 42.5 Å². The zero-order chi connectivity index (χ0) is 15.6. The molecule has 0 saturated carbocycles. The van der Waals surface area contributed by atoms with Gasteiger partial charge < -0.3 is 10.4 Å². The van der Waals surface area contributed by atoms with Crippen molar-refractivity contribution >= 4 is 23.6 Å². The summed E-state index contributed by atoms with van der Waals surface area (Å²) in [5.41, 5.74) is 0.127. The molecule has 1 aromatic heterocycles. The smallest absolute Gasteiger partial charge is 0.330 e. The molecule has 1 aliphatic heterocycles. The summed E-state index contributed by atoms with van der Waals surface area (Å²) in [5, 5.41) is 16.2. The van der Waals surface area contributed by atoms with Gasteiger partial charge in [0.2, 0.25) is 0 Å². The topological polar surface area (TPSA) is 84.2 Å². The fraction of sp³-hybridized carbons (Fsp3) is 0.267. The van der Waals surface area contributed by atoms with Gasteiger partial charge in [-0.15, -0.1) is 0 Å². The van der Waals surface area contributed by atoms with Crippen LogP contribution >= 0.6 is 11.8 Å². The number of amides is 1. The van der Waals surface area contributed by atoms with Gasteiger partial charge in [0.1, 0.15) is 5.54 Å². The Kier molecular flexibility index (Phi) is 3.89. The van der Waals surface area contributed by atoms with Crippen molar-refractivity contribution in [2.45, 2.75) is 12.0 Å². The highest BCUT2D eigenvalue weighted by Crippen LogP contribution is 2.28. The summed E-state index contributed by atoms with van der Waals surface area (Å²) in [4.78, 5) is 23.8. The predicted octanol–water partition coefficient (Wildman–Crippen LogP) is 1.56. The van der Waals surface area contributed by atoms with Crippen molar-refractivity contribution in [2.24, 2.45) is 0 Å². The zero-order valence-electron chi connectivity index (χ0n) is 11.7. The number of carbonyl (C=O) groups is 2. The summed E-state index contributed by atoms with van der Waals surface area (Å²) >= 11 is 1.54. The van der Waals surface area contributed by atoms with Crippen molar-refractivity contribution in [3.63, 3.8) is 0 Å². The average Bonchev–Trinajstić information content (AvgIpc) is 3.19. The molecule has 22 heavy (non-hydrogen) atoms. The van der Waals surface area contributed by atoms with Gasteiger partial charge in [0, 0.05) is 23.7 Å². The minimum absolute atomic E-state index is 0.364. The maximum Gasteiger partial charge on any atom is 0.330 e. The van der Waals surface area contributed by atoms with E-state index in [9.17, 15) is 14.7 Å². The van der Waals surface area contributed by atoms with Crippen LogP contribution in [0.4, 0.5) is 0 Å². The third kappa shape index (κ3) is 2.71. The number of nitrogens with one attached hydrogen (secondary N) is 1. The molecule has 2 aromatic rings. The van der Waals surface area contributed by atoms with E-state index in [4.69, 9.17) is 0 Å². The van der Waals surface area contributed by atoms with E-state index in [0.29, 0.717) is 17.7 Å². The highest BCUT2D eigenvalue weighted by molar-refractivity contribution is 7.99. The molecule has 3 rings (SSSR count). The van der Waals surface area contributed by atoms with Gasteiger partial charge in [-0.25, -0.2) is 9.48 Å². The third-order valence-corrected chi connectivity index (χ3v) is 4.87. The second-order valence-corrected chi connectivity index (χ2v) is 6.25. The van der Waals surface area contributed by atoms with Crippen LogP contribution in [0.25, 0.3) is 5.69 Å². The highest BCUT2D eigenvalue weighted by Gasteiger charge is 2.43. The van der Waals surface area contributed by atoms with E-state index >= 15 is 0 Å². The van der Waals surface area contributed by atoms with E-state index in [1.54, 1.807) is 46.9 Å². The van der Waals surface area contributed by atoms with Crippen molar-refractivity contribution in [1.29, 1.82) is 0 Å². The van der Waals surface area contributed by atoms with Crippen LogP contribution in [0.3, 0.4) is 0 Å². The maximum absolute atomic E-state index is 12.3. The number of carboxylic acids is 1. The molecule has 0 aliphatic carbocycles. The third-order valence-electron chi connectivity index (χ3n) is 3.68. The number of aliphatic carboxylic acids is 1. The van der Waals surface area contributed by atoms with Gasteiger partial charge >= 0.3 is 5.97 Å². The van der Waals surface area contributed by atoms with Crippen LogP contribution in [0.2, 0.25) is 0 Å². The van der Waals surface area contributed by atoms with E-state index in [-0.39, 0.29) is 5.91 Å². The predicted molar refractivity (Wildman–Crippen MR) is 83.3 cm³/mol. The quantitative estimate of drug-likeness (QED) is 0.894. The minimum Gasteiger partial charge on any atom is -0.479 e.